The van der Waals surface area contributed by atoms with Crippen molar-refractivity contribution in [1.82, 2.24) is 0 Å². The monoisotopic (exact) mass is 428 g/mol. The van der Waals surface area contributed by atoms with Gasteiger partial charge in [0.25, 0.3) is 5.91 Å². The van der Waals surface area contributed by atoms with Gasteiger partial charge in [0.05, 0.1) is 32.9 Å². The van der Waals surface area contributed by atoms with Crippen molar-refractivity contribution in [3.63, 3.8) is 0 Å². The fourth-order valence-corrected chi connectivity index (χ4v) is 3.27. The van der Waals surface area contributed by atoms with E-state index in [0.717, 1.165) is 17.0 Å². The van der Waals surface area contributed by atoms with E-state index < -0.39 is 35.1 Å². The summed E-state index contributed by atoms with van der Waals surface area (Å²) in [6.45, 7) is 0. The van der Waals surface area contributed by atoms with Gasteiger partial charge in [0.15, 0.2) is 0 Å². The van der Waals surface area contributed by atoms with Crippen LogP contribution in [-0.2, 0) is 9.59 Å². The number of carboxylic acids is 1. The first-order valence-corrected chi connectivity index (χ1v) is 8.66. The molecule has 0 bridgehead atoms. The molecule has 2 aromatic carbocycles. The second-order valence-corrected chi connectivity index (χ2v) is 6.94. The van der Waals surface area contributed by atoms with Crippen molar-refractivity contribution in [3.05, 3.63) is 51.0 Å². The molecular formula is C17H11Cl3N2O5. The average molecular weight is 430 g/mol. The van der Waals surface area contributed by atoms with Crippen LogP contribution in [0.15, 0.2) is 30.3 Å². The highest BCUT2D eigenvalue weighted by molar-refractivity contribution is 6.44. The first-order chi connectivity index (χ1) is 12.7. The summed E-state index contributed by atoms with van der Waals surface area (Å²) < 4.78 is 0. The highest BCUT2D eigenvalue weighted by atomic mass is 35.5. The molecule has 3 rings (SSSR count). The first kappa shape index (κ1) is 19.3. The minimum absolute atomic E-state index is 0.0461. The van der Waals surface area contributed by atoms with Crippen molar-refractivity contribution in [2.24, 2.45) is 0 Å². The minimum Gasteiger partial charge on any atom is -0.507 e. The Morgan fingerprint density at radius 3 is 2.41 bits per heavy atom. The first-order valence-electron chi connectivity index (χ1n) is 7.53. The van der Waals surface area contributed by atoms with Crippen molar-refractivity contribution in [2.45, 2.75) is 12.5 Å². The number of hydrogen-bond donors (Lipinski definition) is 3. The molecule has 2 aromatic rings. The second-order valence-electron chi connectivity index (χ2n) is 5.72. The number of benzene rings is 2. The zero-order valence-corrected chi connectivity index (χ0v) is 15.6. The number of carboxylic acid groups (broad SMARTS) is 1. The molecule has 0 radical (unpaired) electrons. The number of rotatable bonds is 4. The third-order valence-electron chi connectivity index (χ3n) is 3.96. The van der Waals surface area contributed by atoms with E-state index in [4.69, 9.17) is 39.9 Å². The summed E-state index contributed by atoms with van der Waals surface area (Å²) in [6, 6.07) is 5.38. The number of imide groups is 1. The van der Waals surface area contributed by atoms with Gasteiger partial charge in [0.1, 0.15) is 17.4 Å². The van der Waals surface area contributed by atoms with E-state index >= 15 is 0 Å². The highest BCUT2D eigenvalue weighted by Gasteiger charge is 2.40. The number of anilines is 2. The van der Waals surface area contributed by atoms with E-state index in [1.165, 1.54) is 18.2 Å². The highest BCUT2D eigenvalue weighted by Crippen LogP contribution is 2.34. The van der Waals surface area contributed by atoms with Crippen molar-refractivity contribution in [2.75, 3.05) is 10.2 Å². The zero-order valence-electron chi connectivity index (χ0n) is 13.4. The average Bonchev–Trinajstić information content (AvgIpc) is 2.87. The molecule has 0 spiro atoms. The van der Waals surface area contributed by atoms with Crippen molar-refractivity contribution < 1.29 is 24.6 Å². The van der Waals surface area contributed by atoms with E-state index in [2.05, 4.69) is 5.32 Å². The van der Waals surface area contributed by atoms with E-state index in [1.807, 2.05) is 0 Å². The molecule has 2 amide bonds. The van der Waals surface area contributed by atoms with Gasteiger partial charge in [-0.15, -0.1) is 0 Å². The van der Waals surface area contributed by atoms with Crippen LogP contribution in [0.4, 0.5) is 11.4 Å². The molecule has 1 heterocycles. The molecule has 0 aromatic heterocycles. The number of hydrogen-bond acceptors (Lipinski definition) is 5. The van der Waals surface area contributed by atoms with Gasteiger partial charge >= 0.3 is 5.97 Å². The summed E-state index contributed by atoms with van der Waals surface area (Å²) in [5, 5.41) is 22.2. The summed E-state index contributed by atoms with van der Waals surface area (Å²) in [4.78, 5) is 37.0. The van der Waals surface area contributed by atoms with Gasteiger partial charge in [-0.3, -0.25) is 9.59 Å². The molecular weight excluding hydrogens is 419 g/mol. The van der Waals surface area contributed by atoms with E-state index in [1.54, 1.807) is 0 Å². The molecule has 1 saturated heterocycles. The number of amides is 2. The maximum Gasteiger partial charge on any atom is 0.339 e. The molecule has 1 aliphatic rings. The number of halogens is 3. The molecule has 3 N–H and O–H groups in total. The Morgan fingerprint density at radius 2 is 1.74 bits per heavy atom. The standard InChI is InChI=1S/C17H11Cl3N2O5/c18-9-4-11(20)12(5-10(9)19)21-13-6-15(24)22(16(13)25)7-1-2-14(23)8(3-7)17(26)27/h1-5,13,21,23H,6H2,(H,26,27). The summed E-state index contributed by atoms with van der Waals surface area (Å²) in [7, 11) is 0. The van der Waals surface area contributed by atoms with Crippen LogP contribution in [0.2, 0.25) is 15.1 Å². The fraction of sp³-hybridized carbons (Fsp3) is 0.118. The van der Waals surface area contributed by atoms with Crippen LogP contribution in [-0.4, -0.2) is 34.0 Å². The molecule has 0 aliphatic carbocycles. The van der Waals surface area contributed by atoms with Crippen LogP contribution in [0.25, 0.3) is 0 Å². The predicted molar refractivity (Wildman–Crippen MR) is 101 cm³/mol. The molecule has 1 fully saturated rings. The molecule has 1 aliphatic heterocycles. The maximum absolute atomic E-state index is 12.7. The normalized spacial score (nSPS) is 16.7. The van der Waals surface area contributed by atoms with Gasteiger partial charge in [-0.25, -0.2) is 9.69 Å². The topological polar surface area (TPSA) is 107 Å². The molecule has 140 valence electrons. The van der Waals surface area contributed by atoms with E-state index in [9.17, 15) is 19.5 Å². The second kappa shape index (κ2) is 7.26. The van der Waals surface area contributed by atoms with Gasteiger partial charge in [-0.05, 0) is 30.3 Å². The van der Waals surface area contributed by atoms with Crippen molar-refractivity contribution in [3.8, 4) is 5.75 Å². The van der Waals surface area contributed by atoms with Crippen LogP contribution >= 0.6 is 34.8 Å². The molecule has 7 nitrogen and oxygen atoms in total. The van der Waals surface area contributed by atoms with Gasteiger partial charge in [0, 0.05) is 0 Å². The number of nitrogens with one attached hydrogen (secondary N) is 1. The molecule has 1 atom stereocenters. The Labute approximate surface area is 168 Å². The Hall–Kier alpha value is -2.48. The molecule has 10 heteroatoms. The number of carbonyl (C=O) groups excluding carboxylic acids is 2. The fourth-order valence-electron chi connectivity index (χ4n) is 2.67. The van der Waals surface area contributed by atoms with Gasteiger partial charge in [-0.1, -0.05) is 34.8 Å². The molecule has 1 unspecified atom stereocenters. The number of aromatic carboxylic acids is 1. The Bertz CT molecular complexity index is 979. The third-order valence-corrected chi connectivity index (χ3v) is 4.99. The van der Waals surface area contributed by atoms with Crippen LogP contribution in [0.1, 0.15) is 16.8 Å². The SMILES string of the molecule is O=C(O)c1cc(N2C(=O)CC(Nc3cc(Cl)c(Cl)cc3Cl)C2=O)ccc1O. The zero-order chi connectivity index (χ0) is 19.9. The van der Waals surface area contributed by atoms with Crippen LogP contribution in [0.3, 0.4) is 0 Å². The largest absolute Gasteiger partial charge is 0.507 e. The Kier molecular flexibility index (Phi) is 5.19. The number of phenols is 1. The van der Waals surface area contributed by atoms with E-state index in [0.29, 0.717) is 5.69 Å². The predicted octanol–water partition coefficient (Wildman–Crippen LogP) is 3.79. The lowest BCUT2D eigenvalue weighted by atomic mass is 10.1. The smallest absolute Gasteiger partial charge is 0.339 e. The maximum atomic E-state index is 12.7. The number of aromatic hydroxyl groups is 1. The van der Waals surface area contributed by atoms with Crippen LogP contribution in [0, 0.1) is 0 Å². The number of carbonyl (C=O) groups is 3. The minimum atomic E-state index is -1.38. The lowest BCUT2D eigenvalue weighted by molar-refractivity contribution is -0.121. The van der Waals surface area contributed by atoms with E-state index in [-0.39, 0.29) is 27.2 Å². The Balaban J connectivity index is 1.89. The lowest BCUT2D eigenvalue weighted by Gasteiger charge is -2.17. The summed E-state index contributed by atoms with van der Waals surface area (Å²) in [5.41, 5.74) is -0.0437. The van der Waals surface area contributed by atoms with Gasteiger partial charge in [-0.2, -0.15) is 0 Å². The summed E-state index contributed by atoms with van der Waals surface area (Å²) >= 11 is 17.9. The number of nitrogens with zero attached hydrogens (tertiary/aromatic N) is 1. The Morgan fingerprint density at radius 1 is 1.07 bits per heavy atom. The molecule has 0 saturated carbocycles. The summed E-state index contributed by atoms with van der Waals surface area (Å²) in [6.07, 6.45) is -0.168. The van der Waals surface area contributed by atoms with Gasteiger partial charge < -0.3 is 15.5 Å². The summed E-state index contributed by atoms with van der Waals surface area (Å²) in [5.74, 6) is -2.98. The van der Waals surface area contributed by atoms with Crippen LogP contribution < -0.4 is 10.2 Å². The van der Waals surface area contributed by atoms with Crippen molar-refractivity contribution >= 4 is 64.0 Å². The quantitative estimate of drug-likeness (QED) is 0.504. The van der Waals surface area contributed by atoms with Crippen molar-refractivity contribution in [1.29, 1.82) is 0 Å². The lowest BCUT2D eigenvalue weighted by Crippen LogP contribution is -2.35. The van der Waals surface area contributed by atoms with Gasteiger partial charge in [0.2, 0.25) is 5.91 Å². The molecule has 27 heavy (non-hydrogen) atoms. The third kappa shape index (κ3) is 3.66. The van der Waals surface area contributed by atoms with Crippen LogP contribution in [0.5, 0.6) is 5.75 Å².